The molecular formula is C17H17ClO3. The third-order valence-corrected chi connectivity index (χ3v) is 3.53. The Bertz CT molecular complexity index is 635. The van der Waals surface area contributed by atoms with Crippen molar-refractivity contribution >= 4 is 17.6 Å². The lowest BCUT2D eigenvalue weighted by molar-refractivity contribution is -0.145. The van der Waals surface area contributed by atoms with Crippen LogP contribution in [0.2, 0.25) is 5.02 Å². The van der Waals surface area contributed by atoms with Gasteiger partial charge in [0.15, 0.2) is 6.10 Å². The van der Waals surface area contributed by atoms with Crippen LogP contribution in [0, 0.1) is 13.8 Å². The number of carboxylic acids is 1. The quantitative estimate of drug-likeness (QED) is 0.907. The van der Waals surface area contributed by atoms with Crippen molar-refractivity contribution in [2.75, 3.05) is 0 Å². The molecule has 0 saturated carbocycles. The molecule has 0 fully saturated rings. The fraction of sp³-hybridized carbons (Fsp3) is 0.235. The first-order chi connectivity index (χ1) is 9.95. The lowest BCUT2D eigenvalue weighted by Crippen LogP contribution is -2.29. The summed E-state index contributed by atoms with van der Waals surface area (Å²) in [5, 5.41) is 9.95. The Kier molecular flexibility index (Phi) is 4.86. The topological polar surface area (TPSA) is 46.5 Å². The second-order valence-corrected chi connectivity index (χ2v) is 5.47. The van der Waals surface area contributed by atoms with E-state index in [1.807, 2.05) is 32.0 Å². The van der Waals surface area contributed by atoms with E-state index < -0.39 is 12.1 Å². The van der Waals surface area contributed by atoms with E-state index in [1.54, 1.807) is 24.3 Å². The van der Waals surface area contributed by atoms with Crippen LogP contribution in [0.15, 0.2) is 42.5 Å². The van der Waals surface area contributed by atoms with E-state index in [0.29, 0.717) is 10.8 Å². The molecule has 21 heavy (non-hydrogen) atoms. The molecule has 0 heterocycles. The van der Waals surface area contributed by atoms with Crippen LogP contribution >= 0.6 is 11.6 Å². The Balaban J connectivity index is 2.17. The largest absolute Gasteiger partial charge is 0.478 e. The van der Waals surface area contributed by atoms with Crippen LogP contribution in [0.1, 0.15) is 16.7 Å². The van der Waals surface area contributed by atoms with Gasteiger partial charge in [-0.2, -0.15) is 0 Å². The summed E-state index contributed by atoms with van der Waals surface area (Å²) >= 11 is 5.97. The monoisotopic (exact) mass is 304 g/mol. The fourth-order valence-electron chi connectivity index (χ4n) is 2.02. The molecule has 3 nitrogen and oxygen atoms in total. The maximum atomic E-state index is 11.4. The number of hydrogen-bond acceptors (Lipinski definition) is 2. The second-order valence-electron chi connectivity index (χ2n) is 5.03. The van der Waals surface area contributed by atoms with Crippen molar-refractivity contribution in [3.8, 4) is 5.75 Å². The predicted octanol–water partition coefficient (Wildman–Crippen LogP) is 4.03. The molecule has 0 aromatic heterocycles. The average molecular weight is 305 g/mol. The Morgan fingerprint density at radius 3 is 2.48 bits per heavy atom. The maximum Gasteiger partial charge on any atom is 0.345 e. The summed E-state index contributed by atoms with van der Waals surface area (Å²) in [6.45, 7) is 3.89. The lowest BCUT2D eigenvalue weighted by Gasteiger charge is -2.16. The molecule has 110 valence electrons. The molecule has 2 rings (SSSR count). The Morgan fingerprint density at radius 1 is 1.19 bits per heavy atom. The molecule has 1 N–H and O–H groups in total. The lowest BCUT2D eigenvalue weighted by atomic mass is 10.0. The van der Waals surface area contributed by atoms with E-state index in [9.17, 15) is 9.90 Å². The highest BCUT2D eigenvalue weighted by atomic mass is 35.5. The van der Waals surface area contributed by atoms with Crippen LogP contribution in [0.4, 0.5) is 0 Å². The molecule has 0 amide bonds. The SMILES string of the molecule is Cc1ccc(O[C@@H](Cc2cc(Cl)ccc2C)C(=O)O)cc1. The molecule has 0 radical (unpaired) electrons. The number of ether oxygens (including phenoxy) is 1. The van der Waals surface area contributed by atoms with Crippen LogP contribution in [0.25, 0.3) is 0 Å². The van der Waals surface area contributed by atoms with Crippen molar-refractivity contribution in [2.24, 2.45) is 0 Å². The normalized spacial score (nSPS) is 12.0. The Hall–Kier alpha value is -2.00. The van der Waals surface area contributed by atoms with Crippen LogP contribution < -0.4 is 4.74 Å². The van der Waals surface area contributed by atoms with Crippen molar-refractivity contribution in [3.63, 3.8) is 0 Å². The van der Waals surface area contributed by atoms with Crippen molar-refractivity contribution in [3.05, 3.63) is 64.2 Å². The summed E-state index contributed by atoms with van der Waals surface area (Å²) in [5.74, 6) is -0.442. The van der Waals surface area contributed by atoms with E-state index in [0.717, 1.165) is 16.7 Å². The zero-order valence-electron chi connectivity index (χ0n) is 12.0. The molecule has 0 aliphatic rings. The number of rotatable bonds is 5. The minimum absolute atomic E-state index is 0.273. The summed E-state index contributed by atoms with van der Waals surface area (Å²) in [5.41, 5.74) is 2.97. The summed E-state index contributed by atoms with van der Waals surface area (Å²) in [4.78, 5) is 11.4. The summed E-state index contributed by atoms with van der Waals surface area (Å²) in [6, 6.07) is 12.8. The van der Waals surface area contributed by atoms with Gasteiger partial charge in [0.25, 0.3) is 0 Å². The van der Waals surface area contributed by atoms with Gasteiger partial charge in [-0.05, 0) is 49.2 Å². The van der Waals surface area contributed by atoms with Crippen molar-refractivity contribution in [2.45, 2.75) is 26.4 Å². The first-order valence-electron chi connectivity index (χ1n) is 6.67. The van der Waals surface area contributed by atoms with Gasteiger partial charge in [0.2, 0.25) is 0 Å². The van der Waals surface area contributed by atoms with E-state index in [1.165, 1.54) is 0 Å². The standard InChI is InChI=1S/C17H17ClO3/c1-11-3-7-15(8-4-11)21-16(17(19)20)10-13-9-14(18)6-5-12(13)2/h3-9,16H,10H2,1-2H3,(H,19,20)/t16-/m0/s1. The number of carboxylic acid groups (broad SMARTS) is 1. The van der Waals surface area contributed by atoms with Gasteiger partial charge in [-0.25, -0.2) is 4.79 Å². The highest BCUT2D eigenvalue weighted by molar-refractivity contribution is 6.30. The average Bonchev–Trinajstić information content (AvgIpc) is 2.44. The number of aliphatic carboxylic acids is 1. The van der Waals surface area contributed by atoms with Crippen molar-refractivity contribution in [1.29, 1.82) is 0 Å². The number of benzene rings is 2. The third-order valence-electron chi connectivity index (χ3n) is 3.29. The van der Waals surface area contributed by atoms with E-state index >= 15 is 0 Å². The number of hydrogen-bond donors (Lipinski definition) is 1. The zero-order chi connectivity index (χ0) is 15.4. The molecule has 2 aromatic rings. The molecule has 1 atom stereocenters. The predicted molar refractivity (Wildman–Crippen MR) is 83.1 cm³/mol. The molecule has 0 bridgehead atoms. The molecular weight excluding hydrogens is 288 g/mol. The number of halogens is 1. The smallest absolute Gasteiger partial charge is 0.345 e. The van der Waals surface area contributed by atoms with Crippen molar-refractivity contribution < 1.29 is 14.6 Å². The van der Waals surface area contributed by atoms with Crippen LogP contribution in [-0.2, 0) is 11.2 Å². The van der Waals surface area contributed by atoms with Gasteiger partial charge in [0.1, 0.15) is 5.75 Å². The van der Waals surface area contributed by atoms with Crippen LogP contribution in [0.3, 0.4) is 0 Å². The first kappa shape index (κ1) is 15.4. The van der Waals surface area contributed by atoms with Gasteiger partial charge >= 0.3 is 5.97 Å². The third kappa shape index (κ3) is 4.23. The molecule has 0 spiro atoms. The summed E-state index contributed by atoms with van der Waals surface area (Å²) < 4.78 is 5.59. The number of aryl methyl sites for hydroxylation is 2. The van der Waals surface area contributed by atoms with Gasteiger partial charge in [0.05, 0.1) is 0 Å². The van der Waals surface area contributed by atoms with E-state index in [2.05, 4.69) is 0 Å². The molecule has 2 aromatic carbocycles. The second kappa shape index (κ2) is 6.64. The van der Waals surface area contributed by atoms with Gasteiger partial charge in [0, 0.05) is 11.4 Å². The Morgan fingerprint density at radius 2 is 1.86 bits per heavy atom. The van der Waals surface area contributed by atoms with Gasteiger partial charge in [-0.15, -0.1) is 0 Å². The van der Waals surface area contributed by atoms with E-state index in [4.69, 9.17) is 16.3 Å². The van der Waals surface area contributed by atoms with Gasteiger partial charge < -0.3 is 9.84 Å². The number of carbonyl (C=O) groups is 1. The fourth-order valence-corrected chi connectivity index (χ4v) is 2.21. The minimum atomic E-state index is -0.991. The zero-order valence-corrected chi connectivity index (χ0v) is 12.7. The molecule has 4 heteroatoms. The maximum absolute atomic E-state index is 11.4. The molecule has 0 aliphatic heterocycles. The highest BCUT2D eigenvalue weighted by Crippen LogP contribution is 2.20. The summed E-state index contributed by atoms with van der Waals surface area (Å²) in [6.07, 6.45) is -0.667. The molecule has 0 aliphatic carbocycles. The highest BCUT2D eigenvalue weighted by Gasteiger charge is 2.21. The first-order valence-corrected chi connectivity index (χ1v) is 7.04. The molecule has 0 unspecified atom stereocenters. The van der Waals surface area contributed by atoms with Gasteiger partial charge in [-0.3, -0.25) is 0 Å². The van der Waals surface area contributed by atoms with E-state index in [-0.39, 0.29) is 6.42 Å². The van der Waals surface area contributed by atoms with Crippen LogP contribution in [0.5, 0.6) is 5.75 Å². The van der Waals surface area contributed by atoms with Gasteiger partial charge in [-0.1, -0.05) is 35.4 Å². The Labute approximate surface area is 129 Å². The molecule has 0 saturated heterocycles. The van der Waals surface area contributed by atoms with Crippen LogP contribution in [-0.4, -0.2) is 17.2 Å². The minimum Gasteiger partial charge on any atom is -0.478 e. The van der Waals surface area contributed by atoms with Crippen molar-refractivity contribution in [1.82, 2.24) is 0 Å². The summed E-state index contributed by atoms with van der Waals surface area (Å²) in [7, 11) is 0.